The first kappa shape index (κ1) is 26.8. The number of hydrogen-bond donors (Lipinski definition) is 2. The van der Waals surface area contributed by atoms with Gasteiger partial charge in [0, 0.05) is 34.8 Å². The summed E-state index contributed by atoms with van der Waals surface area (Å²) in [6, 6.07) is 20.4. The smallest absolute Gasteiger partial charge is 0.262 e. The van der Waals surface area contributed by atoms with E-state index < -0.39 is 5.66 Å². The highest BCUT2D eigenvalue weighted by Gasteiger charge is 2.54. The fourth-order valence-corrected chi connectivity index (χ4v) is 5.43. The van der Waals surface area contributed by atoms with E-state index >= 15 is 0 Å². The van der Waals surface area contributed by atoms with Crippen molar-refractivity contribution in [1.82, 2.24) is 15.5 Å². The molecule has 2 aliphatic heterocycles. The lowest BCUT2D eigenvalue weighted by atomic mass is 9.95. The monoisotopic (exact) mass is 555 g/mol. The molecule has 2 saturated heterocycles. The van der Waals surface area contributed by atoms with Gasteiger partial charge in [-0.1, -0.05) is 47.5 Å². The molecule has 0 spiro atoms. The molecule has 2 atom stereocenters. The quantitative estimate of drug-likeness (QED) is 0.423. The van der Waals surface area contributed by atoms with Gasteiger partial charge in [0.15, 0.2) is 5.66 Å². The number of benzene rings is 3. The molecule has 7 nitrogen and oxygen atoms in total. The van der Waals surface area contributed by atoms with E-state index in [0.29, 0.717) is 60.0 Å². The van der Waals surface area contributed by atoms with Crippen LogP contribution in [0.25, 0.3) is 0 Å². The highest BCUT2D eigenvalue weighted by Crippen LogP contribution is 2.45. The molecule has 2 aliphatic rings. The van der Waals surface area contributed by atoms with E-state index in [1.54, 1.807) is 7.11 Å². The van der Waals surface area contributed by atoms with Gasteiger partial charge in [-0.05, 0) is 54.4 Å². The normalized spacial score (nSPS) is 23.3. The zero-order valence-corrected chi connectivity index (χ0v) is 22.9. The van der Waals surface area contributed by atoms with Crippen LogP contribution in [0, 0.1) is 0 Å². The lowest BCUT2D eigenvalue weighted by Gasteiger charge is -2.38. The molecule has 38 heavy (non-hydrogen) atoms. The van der Waals surface area contributed by atoms with Gasteiger partial charge < -0.3 is 19.1 Å². The van der Waals surface area contributed by atoms with Crippen LogP contribution >= 0.6 is 23.2 Å². The Morgan fingerprint density at radius 2 is 1.50 bits per heavy atom. The Kier molecular flexibility index (Phi) is 8.12. The zero-order chi connectivity index (χ0) is 26.7. The molecule has 0 radical (unpaired) electrons. The van der Waals surface area contributed by atoms with E-state index in [0.717, 1.165) is 11.1 Å². The number of rotatable bonds is 7. The molecule has 5 rings (SSSR count). The summed E-state index contributed by atoms with van der Waals surface area (Å²) in [5.74, 6) is 1.12. The van der Waals surface area contributed by atoms with Crippen LogP contribution in [0.3, 0.4) is 0 Å². The Balaban J connectivity index is 1.68. The van der Waals surface area contributed by atoms with Crippen molar-refractivity contribution in [2.24, 2.45) is 0 Å². The van der Waals surface area contributed by atoms with Gasteiger partial charge in [-0.2, -0.15) is 0 Å². The Labute approximate surface area is 233 Å². The van der Waals surface area contributed by atoms with Crippen LogP contribution in [0.5, 0.6) is 11.5 Å². The molecular formula is C29H31Cl2N3O4. The van der Waals surface area contributed by atoms with Crippen LogP contribution < -0.4 is 20.1 Å². The van der Waals surface area contributed by atoms with Gasteiger partial charge >= 0.3 is 0 Å². The van der Waals surface area contributed by atoms with Gasteiger partial charge in [0.1, 0.15) is 11.5 Å². The number of hydrogen-bond acceptors (Lipinski definition) is 6. The van der Waals surface area contributed by atoms with E-state index in [1.807, 2.05) is 78.6 Å². The van der Waals surface area contributed by atoms with Gasteiger partial charge in [0.2, 0.25) is 0 Å². The molecular weight excluding hydrogens is 525 g/mol. The number of morpholine rings is 1. The molecule has 2 heterocycles. The number of nitrogens with one attached hydrogen (secondary N) is 2. The SMILES string of the molecule is CCOc1cc(OC)ccc1C1(C(=O)N2CCOCC2)NC(c2ccc(Cl)cc2)C(c2ccc(Cl)cc2)N1. The fraction of sp³-hybridized carbons (Fsp3) is 0.345. The summed E-state index contributed by atoms with van der Waals surface area (Å²) in [6.45, 7) is 4.34. The second-order valence-electron chi connectivity index (χ2n) is 9.30. The maximum Gasteiger partial charge on any atom is 0.262 e. The number of ether oxygens (including phenoxy) is 3. The summed E-state index contributed by atoms with van der Waals surface area (Å²) < 4.78 is 17.1. The van der Waals surface area contributed by atoms with E-state index in [2.05, 4.69) is 10.6 Å². The van der Waals surface area contributed by atoms with Gasteiger partial charge in [-0.25, -0.2) is 0 Å². The summed E-state index contributed by atoms with van der Waals surface area (Å²) in [4.78, 5) is 16.4. The third-order valence-electron chi connectivity index (χ3n) is 7.05. The molecule has 2 N–H and O–H groups in total. The van der Waals surface area contributed by atoms with Crippen LogP contribution in [0.2, 0.25) is 10.0 Å². The number of carbonyl (C=O) groups excluding carboxylic acids is 1. The van der Waals surface area contributed by atoms with Gasteiger partial charge in [0.25, 0.3) is 5.91 Å². The van der Waals surface area contributed by atoms with Crippen molar-refractivity contribution < 1.29 is 19.0 Å². The molecule has 0 saturated carbocycles. The molecule has 200 valence electrons. The Hall–Kier alpha value is -2.81. The minimum atomic E-state index is -1.29. The average molecular weight is 556 g/mol. The highest BCUT2D eigenvalue weighted by atomic mass is 35.5. The lowest BCUT2D eigenvalue weighted by Crippen LogP contribution is -2.60. The van der Waals surface area contributed by atoms with Crippen molar-refractivity contribution in [3.05, 3.63) is 93.5 Å². The molecule has 1 amide bonds. The third-order valence-corrected chi connectivity index (χ3v) is 7.55. The molecule has 9 heteroatoms. The predicted molar refractivity (Wildman–Crippen MR) is 148 cm³/mol. The number of halogens is 2. The largest absolute Gasteiger partial charge is 0.497 e. The van der Waals surface area contributed by atoms with E-state index in [-0.39, 0.29) is 18.0 Å². The maximum absolute atomic E-state index is 14.5. The van der Waals surface area contributed by atoms with Crippen LogP contribution in [-0.4, -0.2) is 50.8 Å². The number of carbonyl (C=O) groups is 1. The highest BCUT2D eigenvalue weighted by molar-refractivity contribution is 6.30. The summed E-state index contributed by atoms with van der Waals surface area (Å²) in [6.07, 6.45) is 0. The average Bonchev–Trinajstić information content (AvgIpc) is 3.35. The van der Waals surface area contributed by atoms with Crippen molar-refractivity contribution in [3.63, 3.8) is 0 Å². The van der Waals surface area contributed by atoms with Crippen molar-refractivity contribution in [1.29, 1.82) is 0 Å². The maximum atomic E-state index is 14.5. The van der Waals surface area contributed by atoms with E-state index in [9.17, 15) is 4.79 Å². The molecule has 0 aromatic heterocycles. The minimum Gasteiger partial charge on any atom is -0.497 e. The lowest BCUT2D eigenvalue weighted by molar-refractivity contribution is -0.143. The van der Waals surface area contributed by atoms with Crippen molar-refractivity contribution in [2.45, 2.75) is 24.7 Å². The predicted octanol–water partition coefficient (Wildman–Crippen LogP) is 5.09. The number of nitrogens with zero attached hydrogens (tertiary/aromatic N) is 1. The molecule has 3 aromatic carbocycles. The minimum absolute atomic E-state index is 0.0950. The van der Waals surface area contributed by atoms with Crippen molar-refractivity contribution in [3.8, 4) is 11.5 Å². The van der Waals surface area contributed by atoms with Crippen molar-refractivity contribution in [2.75, 3.05) is 40.0 Å². The third kappa shape index (κ3) is 5.22. The number of methoxy groups -OCH3 is 1. The molecule has 0 bridgehead atoms. The second-order valence-corrected chi connectivity index (χ2v) is 10.2. The molecule has 2 unspecified atom stereocenters. The summed E-state index contributed by atoms with van der Waals surface area (Å²) in [5.41, 5.74) is 1.38. The van der Waals surface area contributed by atoms with Crippen LogP contribution in [0.15, 0.2) is 66.7 Å². The summed E-state index contributed by atoms with van der Waals surface area (Å²) in [7, 11) is 1.61. The Morgan fingerprint density at radius 1 is 0.947 bits per heavy atom. The molecule has 0 aliphatic carbocycles. The Morgan fingerprint density at radius 3 is 2.00 bits per heavy atom. The van der Waals surface area contributed by atoms with E-state index in [4.69, 9.17) is 37.4 Å². The Bertz CT molecular complexity index is 1210. The van der Waals surface area contributed by atoms with E-state index in [1.165, 1.54) is 0 Å². The van der Waals surface area contributed by atoms with Crippen LogP contribution in [-0.2, 0) is 15.2 Å². The number of amides is 1. The topological polar surface area (TPSA) is 72.1 Å². The second kappa shape index (κ2) is 11.5. The fourth-order valence-electron chi connectivity index (χ4n) is 5.18. The molecule has 2 fully saturated rings. The van der Waals surface area contributed by atoms with Gasteiger partial charge in [0.05, 0.1) is 39.0 Å². The first-order chi connectivity index (χ1) is 18.4. The van der Waals surface area contributed by atoms with Crippen LogP contribution in [0.1, 0.15) is 35.7 Å². The standard InChI is InChI=1S/C29H31Cl2N3O4/c1-3-38-25-18-23(36-2)12-13-24(25)29(28(35)34-14-16-37-17-15-34)32-26(19-4-8-21(30)9-5-19)27(33-29)20-6-10-22(31)11-7-20/h4-13,18,26-27,32-33H,3,14-17H2,1-2H3. The first-order valence-electron chi connectivity index (χ1n) is 12.7. The first-order valence-corrected chi connectivity index (χ1v) is 13.5. The zero-order valence-electron chi connectivity index (χ0n) is 21.4. The summed E-state index contributed by atoms with van der Waals surface area (Å²) in [5, 5.41) is 8.72. The van der Waals surface area contributed by atoms with Gasteiger partial charge in [-0.15, -0.1) is 0 Å². The van der Waals surface area contributed by atoms with Crippen molar-refractivity contribution >= 4 is 29.1 Å². The summed E-state index contributed by atoms with van der Waals surface area (Å²) >= 11 is 12.5. The molecule has 3 aromatic rings. The van der Waals surface area contributed by atoms with Crippen LogP contribution in [0.4, 0.5) is 0 Å². The van der Waals surface area contributed by atoms with Gasteiger partial charge in [-0.3, -0.25) is 15.4 Å².